The number of ether oxygens (including phenoxy) is 1. The molecule has 4 rings (SSSR count). The van der Waals surface area contributed by atoms with Gasteiger partial charge in [-0.3, -0.25) is 14.2 Å². The number of hydrogen-bond acceptors (Lipinski definition) is 5. The van der Waals surface area contributed by atoms with Crippen LogP contribution in [0.15, 0.2) is 59.8 Å². The molecule has 1 N–H and O–H groups in total. The van der Waals surface area contributed by atoms with Crippen molar-refractivity contribution in [1.82, 2.24) is 19.3 Å². The molecule has 2 aromatic carbocycles. The second-order valence-electron chi connectivity index (χ2n) is 6.70. The van der Waals surface area contributed by atoms with E-state index in [0.29, 0.717) is 33.2 Å². The van der Waals surface area contributed by atoms with Gasteiger partial charge in [-0.1, -0.05) is 23.7 Å². The minimum atomic E-state index is -0.371. The van der Waals surface area contributed by atoms with Crippen LogP contribution < -0.4 is 15.6 Å². The summed E-state index contributed by atoms with van der Waals surface area (Å²) in [6, 6.07) is 12.5. The smallest absolute Gasteiger partial charge is 0.264 e. The second kappa shape index (κ2) is 8.00. The van der Waals surface area contributed by atoms with E-state index in [2.05, 4.69) is 15.4 Å². The molecule has 30 heavy (non-hydrogen) atoms. The zero-order valence-corrected chi connectivity index (χ0v) is 17.1. The van der Waals surface area contributed by atoms with Gasteiger partial charge in [0.1, 0.15) is 24.0 Å². The minimum Gasteiger partial charge on any atom is -0.495 e. The summed E-state index contributed by atoms with van der Waals surface area (Å²) in [5, 5.41) is 7.88. The molecule has 4 aromatic rings. The van der Waals surface area contributed by atoms with Crippen LogP contribution in [0.25, 0.3) is 16.7 Å². The van der Waals surface area contributed by atoms with Crippen molar-refractivity contribution >= 4 is 34.2 Å². The van der Waals surface area contributed by atoms with Crippen LogP contribution in [0.3, 0.4) is 0 Å². The number of aromatic nitrogens is 4. The average Bonchev–Trinajstić information content (AvgIpc) is 3.15. The first kappa shape index (κ1) is 19.7. The van der Waals surface area contributed by atoms with Crippen molar-refractivity contribution in [2.24, 2.45) is 0 Å². The zero-order valence-electron chi connectivity index (χ0n) is 16.3. The molecular formula is C21H18ClN5O3. The maximum Gasteiger partial charge on any atom is 0.264 e. The Hall–Kier alpha value is -3.65. The number of anilines is 1. The molecule has 0 radical (unpaired) electrons. The maximum absolute atomic E-state index is 12.8. The number of methoxy groups -OCH3 is 1. The highest BCUT2D eigenvalue weighted by atomic mass is 35.5. The van der Waals surface area contributed by atoms with E-state index in [9.17, 15) is 9.59 Å². The number of rotatable bonds is 5. The van der Waals surface area contributed by atoms with Crippen molar-refractivity contribution in [3.05, 3.63) is 75.9 Å². The molecule has 8 nitrogen and oxygen atoms in total. The zero-order chi connectivity index (χ0) is 21.3. The SMILES string of the molecule is COc1ccc(C)cc1NC(=O)Cn1cnc2c(cnn2-c2cccc(Cl)c2)c1=O. The first-order chi connectivity index (χ1) is 14.5. The minimum absolute atomic E-state index is 0.193. The van der Waals surface area contributed by atoms with Crippen molar-refractivity contribution in [3.8, 4) is 11.4 Å². The number of hydrogen-bond donors (Lipinski definition) is 1. The Morgan fingerprint density at radius 1 is 1.23 bits per heavy atom. The number of amides is 1. The predicted octanol–water partition coefficient (Wildman–Crippen LogP) is 3.19. The Kier molecular flexibility index (Phi) is 5.24. The molecule has 0 saturated carbocycles. The largest absolute Gasteiger partial charge is 0.495 e. The van der Waals surface area contributed by atoms with E-state index in [1.807, 2.05) is 19.1 Å². The molecule has 0 fully saturated rings. The van der Waals surface area contributed by atoms with Crippen LogP contribution in [0, 0.1) is 6.92 Å². The van der Waals surface area contributed by atoms with Gasteiger partial charge >= 0.3 is 0 Å². The number of nitrogens with zero attached hydrogens (tertiary/aromatic N) is 4. The van der Waals surface area contributed by atoms with E-state index >= 15 is 0 Å². The van der Waals surface area contributed by atoms with Crippen LogP contribution in [-0.4, -0.2) is 32.3 Å². The molecule has 0 saturated heterocycles. The van der Waals surface area contributed by atoms with Crippen LogP contribution >= 0.6 is 11.6 Å². The Bertz CT molecular complexity index is 1310. The third kappa shape index (κ3) is 3.77. The van der Waals surface area contributed by atoms with Crippen molar-refractivity contribution < 1.29 is 9.53 Å². The lowest BCUT2D eigenvalue weighted by molar-refractivity contribution is -0.116. The number of aryl methyl sites for hydroxylation is 1. The molecule has 152 valence electrons. The van der Waals surface area contributed by atoms with Gasteiger partial charge in [0, 0.05) is 5.02 Å². The predicted molar refractivity (Wildman–Crippen MR) is 114 cm³/mol. The van der Waals surface area contributed by atoms with Crippen LogP contribution in [0.4, 0.5) is 5.69 Å². The number of nitrogens with one attached hydrogen (secondary N) is 1. The quantitative estimate of drug-likeness (QED) is 0.532. The summed E-state index contributed by atoms with van der Waals surface area (Å²) in [7, 11) is 1.53. The molecule has 0 aliphatic rings. The summed E-state index contributed by atoms with van der Waals surface area (Å²) < 4.78 is 8.04. The summed E-state index contributed by atoms with van der Waals surface area (Å²) in [4.78, 5) is 29.7. The van der Waals surface area contributed by atoms with Crippen molar-refractivity contribution in [2.75, 3.05) is 12.4 Å². The molecule has 2 heterocycles. The van der Waals surface area contributed by atoms with Gasteiger partial charge in [0.2, 0.25) is 5.91 Å². The summed E-state index contributed by atoms with van der Waals surface area (Å²) >= 11 is 6.04. The highest BCUT2D eigenvalue weighted by molar-refractivity contribution is 6.30. The lowest BCUT2D eigenvalue weighted by atomic mass is 10.2. The highest BCUT2D eigenvalue weighted by Crippen LogP contribution is 2.25. The molecule has 9 heteroatoms. The van der Waals surface area contributed by atoms with Crippen LogP contribution in [0.2, 0.25) is 5.02 Å². The summed E-state index contributed by atoms with van der Waals surface area (Å²) in [5.41, 5.74) is 2.23. The van der Waals surface area contributed by atoms with Gasteiger partial charge in [0.15, 0.2) is 5.65 Å². The van der Waals surface area contributed by atoms with Crippen LogP contribution in [-0.2, 0) is 11.3 Å². The number of carbonyl (C=O) groups is 1. The molecule has 0 bridgehead atoms. The maximum atomic E-state index is 12.8. The van der Waals surface area contributed by atoms with Gasteiger partial charge in [-0.25, -0.2) is 9.67 Å². The Balaban J connectivity index is 1.61. The molecule has 2 aromatic heterocycles. The lowest BCUT2D eigenvalue weighted by Crippen LogP contribution is -2.28. The topological polar surface area (TPSA) is 91.0 Å². The summed E-state index contributed by atoms with van der Waals surface area (Å²) in [6.45, 7) is 1.72. The van der Waals surface area contributed by atoms with E-state index in [0.717, 1.165) is 5.56 Å². The van der Waals surface area contributed by atoms with E-state index in [4.69, 9.17) is 16.3 Å². The first-order valence-corrected chi connectivity index (χ1v) is 9.47. The first-order valence-electron chi connectivity index (χ1n) is 9.10. The monoisotopic (exact) mass is 423 g/mol. The molecular weight excluding hydrogens is 406 g/mol. The third-order valence-electron chi connectivity index (χ3n) is 4.55. The fourth-order valence-corrected chi connectivity index (χ4v) is 3.31. The molecule has 0 atom stereocenters. The van der Waals surface area contributed by atoms with Crippen LogP contribution in [0.5, 0.6) is 5.75 Å². The van der Waals surface area contributed by atoms with Crippen molar-refractivity contribution in [2.45, 2.75) is 13.5 Å². The summed E-state index contributed by atoms with van der Waals surface area (Å²) in [5.74, 6) is 0.169. The lowest BCUT2D eigenvalue weighted by Gasteiger charge is -2.12. The fourth-order valence-electron chi connectivity index (χ4n) is 3.12. The molecule has 1 amide bonds. The fraction of sp³-hybridized carbons (Fsp3) is 0.143. The van der Waals surface area contributed by atoms with Crippen molar-refractivity contribution in [3.63, 3.8) is 0 Å². The molecule has 0 spiro atoms. The van der Waals surface area contributed by atoms with Gasteiger partial charge in [-0.15, -0.1) is 0 Å². The van der Waals surface area contributed by atoms with Crippen LogP contribution in [0.1, 0.15) is 5.56 Å². The van der Waals surface area contributed by atoms with E-state index in [1.54, 1.807) is 30.3 Å². The molecule has 0 aliphatic carbocycles. The van der Waals surface area contributed by atoms with Gasteiger partial charge < -0.3 is 10.1 Å². The van der Waals surface area contributed by atoms with Gasteiger partial charge in [0.25, 0.3) is 5.56 Å². The number of halogens is 1. The van der Waals surface area contributed by atoms with Gasteiger partial charge in [0.05, 0.1) is 24.7 Å². The number of fused-ring (bicyclic) bond motifs is 1. The number of benzene rings is 2. The van der Waals surface area contributed by atoms with Gasteiger partial charge in [-0.2, -0.15) is 5.10 Å². The molecule has 0 aliphatic heterocycles. The Morgan fingerprint density at radius 2 is 2.07 bits per heavy atom. The normalized spacial score (nSPS) is 10.9. The Morgan fingerprint density at radius 3 is 2.83 bits per heavy atom. The Labute approximate surface area is 176 Å². The van der Waals surface area contributed by atoms with Crippen molar-refractivity contribution in [1.29, 1.82) is 0 Å². The standard InChI is InChI=1S/C21H18ClN5O3/c1-13-6-7-18(30-2)17(8-13)25-19(28)11-26-12-23-20-16(21(26)29)10-24-27(20)15-5-3-4-14(22)9-15/h3-10,12H,11H2,1-2H3,(H,25,28). The molecule has 0 unspecified atom stereocenters. The second-order valence-corrected chi connectivity index (χ2v) is 7.14. The van der Waals surface area contributed by atoms with E-state index < -0.39 is 0 Å². The third-order valence-corrected chi connectivity index (χ3v) is 4.79. The van der Waals surface area contributed by atoms with Gasteiger partial charge in [-0.05, 0) is 42.8 Å². The van der Waals surface area contributed by atoms with E-state index in [-0.39, 0.29) is 18.0 Å². The van der Waals surface area contributed by atoms with E-state index in [1.165, 1.54) is 28.9 Å². The average molecular weight is 424 g/mol. The number of carbonyl (C=O) groups excluding carboxylic acids is 1. The summed E-state index contributed by atoms with van der Waals surface area (Å²) in [6.07, 6.45) is 2.77. The highest BCUT2D eigenvalue weighted by Gasteiger charge is 2.14.